The highest BCUT2D eigenvalue weighted by molar-refractivity contribution is 6.14. The Kier molecular flexibility index (Phi) is 3.63. The molecule has 4 nitrogen and oxygen atoms in total. The first-order chi connectivity index (χ1) is 10.7. The van der Waals surface area contributed by atoms with E-state index in [0.717, 1.165) is 11.1 Å². The standard InChI is InChI=1S/C18H13NO3/c1-12-4-2-3-5-13(12)8-15(10-19)18(20)14-6-7-16-17(9-14)22-11-21-16/h2-9H,11H2,1H3. The van der Waals surface area contributed by atoms with Crippen molar-refractivity contribution >= 4 is 11.9 Å². The first kappa shape index (κ1) is 13.9. The van der Waals surface area contributed by atoms with E-state index >= 15 is 0 Å². The van der Waals surface area contributed by atoms with Gasteiger partial charge in [-0.25, -0.2) is 0 Å². The van der Waals surface area contributed by atoms with E-state index in [-0.39, 0.29) is 18.1 Å². The van der Waals surface area contributed by atoms with Crippen LogP contribution in [-0.2, 0) is 0 Å². The van der Waals surface area contributed by atoms with Crippen LogP contribution in [0, 0.1) is 18.3 Å². The van der Waals surface area contributed by atoms with E-state index in [2.05, 4.69) is 0 Å². The molecule has 22 heavy (non-hydrogen) atoms. The quantitative estimate of drug-likeness (QED) is 0.493. The van der Waals surface area contributed by atoms with Gasteiger partial charge in [-0.1, -0.05) is 24.3 Å². The van der Waals surface area contributed by atoms with Crippen LogP contribution in [0.5, 0.6) is 11.5 Å². The number of hydrogen-bond donors (Lipinski definition) is 0. The van der Waals surface area contributed by atoms with E-state index in [1.807, 2.05) is 37.3 Å². The topological polar surface area (TPSA) is 59.3 Å². The number of hydrogen-bond acceptors (Lipinski definition) is 4. The Labute approximate surface area is 128 Å². The van der Waals surface area contributed by atoms with E-state index in [0.29, 0.717) is 17.1 Å². The molecule has 0 saturated heterocycles. The number of Topliss-reactive ketones (excluding diaryl/α,β-unsaturated/α-hetero) is 1. The van der Waals surface area contributed by atoms with Gasteiger partial charge in [0.25, 0.3) is 0 Å². The Bertz CT molecular complexity index is 815. The van der Waals surface area contributed by atoms with Gasteiger partial charge in [0, 0.05) is 5.56 Å². The summed E-state index contributed by atoms with van der Waals surface area (Å²) in [7, 11) is 0. The first-order valence-electron chi connectivity index (χ1n) is 6.81. The molecule has 1 heterocycles. The second-order valence-corrected chi connectivity index (χ2v) is 4.92. The molecule has 0 radical (unpaired) electrons. The maximum absolute atomic E-state index is 12.5. The van der Waals surface area contributed by atoms with Gasteiger partial charge < -0.3 is 9.47 Å². The summed E-state index contributed by atoms with van der Waals surface area (Å²) >= 11 is 0. The number of ether oxygens (including phenoxy) is 2. The minimum atomic E-state index is -0.330. The van der Waals surface area contributed by atoms with Crippen LogP contribution >= 0.6 is 0 Å². The second kappa shape index (κ2) is 5.74. The van der Waals surface area contributed by atoms with Crippen molar-refractivity contribution < 1.29 is 14.3 Å². The number of carbonyl (C=O) groups excluding carboxylic acids is 1. The Morgan fingerprint density at radius 2 is 1.95 bits per heavy atom. The highest BCUT2D eigenvalue weighted by Gasteiger charge is 2.18. The molecule has 1 aliphatic heterocycles. The summed E-state index contributed by atoms with van der Waals surface area (Å²) in [6, 6.07) is 14.5. The average Bonchev–Trinajstić information content (AvgIpc) is 3.01. The fraction of sp³-hybridized carbons (Fsp3) is 0.111. The van der Waals surface area contributed by atoms with Gasteiger partial charge in [0.05, 0.1) is 0 Å². The number of ketones is 1. The van der Waals surface area contributed by atoms with Crippen molar-refractivity contribution in [1.29, 1.82) is 5.26 Å². The predicted octanol–water partition coefficient (Wildman–Crippen LogP) is 3.51. The minimum absolute atomic E-state index is 0.0909. The number of benzene rings is 2. The maximum Gasteiger partial charge on any atom is 0.231 e. The van der Waals surface area contributed by atoms with E-state index < -0.39 is 0 Å². The number of allylic oxidation sites excluding steroid dienone is 1. The summed E-state index contributed by atoms with van der Waals surface area (Å²) in [5.74, 6) is 0.807. The fourth-order valence-corrected chi connectivity index (χ4v) is 2.25. The van der Waals surface area contributed by atoms with Crippen LogP contribution in [0.4, 0.5) is 0 Å². The maximum atomic E-state index is 12.5. The molecule has 0 saturated carbocycles. The molecule has 0 atom stereocenters. The zero-order valence-electron chi connectivity index (χ0n) is 12.0. The van der Waals surface area contributed by atoms with Crippen molar-refractivity contribution in [3.05, 3.63) is 64.7 Å². The summed E-state index contributed by atoms with van der Waals surface area (Å²) in [5, 5.41) is 9.31. The second-order valence-electron chi connectivity index (χ2n) is 4.92. The summed E-state index contributed by atoms with van der Waals surface area (Å²) in [6.45, 7) is 2.09. The van der Waals surface area contributed by atoms with Crippen LogP contribution in [0.2, 0.25) is 0 Å². The molecule has 108 valence electrons. The van der Waals surface area contributed by atoms with E-state index in [1.165, 1.54) is 0 Å². The van der Waals surface area contributed by atoms with Gasteiger partial charge in [0.2, 0.25) is 12.6 Å². The predicted molar refractivity (Wildman–Crippen MR) is 81.7 cm³/mol. The number of carbonyl (C=O) groups is 1. The lowest BCUT2D eigenvalue weighted by Crippen LogP contribution is -2.02. The van der Waals surface area contributed by atoms with Crippen molar-refractivity contribution in [2.75, 3.05) is 6.79 Å². The summed E-state index contributed by atoms with van der Waals surface area (Å²) < 4.78 is 10.5. The molecule has 4 heteroatoms. The third kappa shape index (κ3) is 2.57. The average molecular weight is 291 g/mol. The molecule has 0 spiro atoms. The molecule has 0 N–H and O–H groups in total. The molecule has 0 aliphatic carbocycles. The van der Waals surface area contributed by atoms with Crippen LogP contribution < -0.4 is 9.47 Å². The van der Waals surface area contributed by atoms with Crippen molar-refractivity contribution in [3.63, 3.8) is 0 Å². The van der Waals surface area contributed by atoms with Gasteiger partial charge in [-0.3, -0.25) is 4.79 Å². The van der Waals surface area contributed by atoms with Gasteiger partial charge in [0.1, 0.15) is 11.6 Å². The van der Waals surface area contributed by atoms with Crippen LogP contribution in [-0.4, -0.2) is 12.6 Å². The van der Waals surface area contributed by atoms with Crippen molar-refractivity contribution in [3.8, 4) is 17.6 Å². The van der Waals surface area contributed by atoms with Gasteiger partial charge in [-0.15, -0.1) is 0 Å². The van der Waals surface area contributed by atoms with Crippen LogP contribution in [0.15, 0.2) is 48.0 Å². The van der Waals surface area contributed by atoms with Gasteiger partial charge >= 0.3 is 0 Å². The number of nitriles is 1. The first-order valence-corrected chi connectivity index (χ1v) is 6.81. The van der Waals surface area contributed by atoms with E-state index in [4.69, 9.17) is 9.47 Å². The third-order valence-electron chi connectivity index (χ3n) is 3.49. The lowest BCUT2D eigenvalue weighted by atomic mass is 10.00. The highest BCUT2D eigenvalue weighted by atomic mass is 16.7. The largest absolute Gasteiger partial charge is 0.454 e. The molecule has 0 fully saturated rings. The number of aryl methyl sites for hydroxylation is 1. The van der Waals surface area contributed by atoms with Gasteiger partial charge in [-0.2, -0.15) is 5.26 Å². The van der Waals surface area contributed by atoms with Crippen molar-refractivity contribution in [1.82, 2.24) is 0 Å². The molecule has 2 aromatic rings. The Morgan fingerprint density at radius 3 is 2.73 bits per heavy atom. The minimum Gasteiger partial charge on any atom is -0.454 e. The third-order valence-corrected chi connectivity index (χ3v) is 3.49. The Morgan fingerprint density at radius 1 is 1.18 bits per heavy atom. The fourth-order valence-electron chi connectivity index (χ4n) is 2.25. The molecule has 0 unspecified atom stereocenters. The Balaban J connectivity index is 1.96. The highest BCUT2D eigenvalue weighted by Crippen LogP contribution is 2.33. The van der Waals surface area contributed by atoms with Crippen molar-refractivity contribution in [2.45, 2.75) is 6.92 Å². The summed E-state index contributed by atoms with van der Waals surface area (Å²) in [6.07, 6.45) is 1.61. The van der Waals surface area contributed by atoms with Gasteiger partial charge in [-0.05, 0) is 42.3 Å². The number of fused-ring (bicyclic) bond motifs is 1. The number of rotatable bonds is 3. The van der Waals surface area contributed by atoms with Crippen LogP contribution in [0.25, 0.3) is 6.08 Å². The van der Waals surface area contributed by atoms with Crippen LogP contribution in [0.1, 0.15) is 21.5 Å². The summed E-state index contributed by atoms with van der Waals surface area (Å²) in [5.41, 5.74) is 2.36. The van der Waals surface area contributed by atoms with Crippen molar-refractivity contribution in [2.24, 2.45) is 0 Å². The molecule has 0 aromatic heterocycles. The summed E-state index contributed by atoms with van der Waals surface area (Å²) in [4.78, 5) is 12.5. The Hall–Kier alpha value is -3.06. The number of nitrogens with zero attached hydrogens (tertiary/aromatic N) is 1. The molecule has 0 amide bonds. The molecule has 1 aliphatic rings. The molecule has 2 aromatic carbocycles. The van der Waals surface area contributed by atoms with Crippen LogP contribution in [0.3, 0.4) is 0 Å². The van der Waals surface area contributed by atoms with Gasteiger partial charge in [0.15, 0.2) is 11.5 Å². The smallest absolute Gasteiger partial charge is 0.231 e. The molecule has 0 bridgehead atoms. The zero-order chi connectivity index (χ0) is 15.5. The molecular formula is C18H13NO3. The monoisotopic (exact) mass is 291 g/mol. The lowest BCUT2D eigenvalue weighted by Gasteiger charge is -2.03. The zero-order valence-corrected chi connectivity index (χ0v) is 12.0. The molecular weight excluding hydrogens is 278 g/mol. The normalized spacial score (nSPS) is 12.8. The van der Waals surface area contributed by atoms with E-state index in [1.54, 1.807) is 24.3 Å². The lowest BCUT2D eigenvalue weighted by molar-refractivity contribution is 0.103. The molecule has 3 rings (SSSR count). The van der Waals surface area contributed by atoms with E-state index in [9.17, 15) is 10.1 Å². The SMILES string of the molecule is Cc1ccccc1C=C(C#N)C(=O)c1ccc2c(c1)OCO2.